The van der Waals surface area contributed by atoms with Crippen molar-refractivity contribution in [3.63, 3.8) is 0 Å². The van der Waals surface area contributed by atoms with Crippen LogP contribution in [0, 0.1) is 0 Å². The maximum Gasteiger partial charge on any atom is 1.00 e. The molecule has 0 aliphatic carbocycles. The summed E-state index contributed by atoms with van der Waals surface area (Å²) in [5.74, 6) is -6.09. The van der Waals surface area contributed by atoms with Crippen LogP contribution in [0.4, 0.5) is 0 Å². The van der Waals surface area contributed by atoms with Gasteiger partial charge in [-0.1, -0.05) is 0 Å². The number of ketones is 1. The Morgan fingerprint density at radius 1 is 1.00 bits per heavy atom. The van der Waals surface area contributed by atoms with Crippen molar-refractivity contribution >= 4 is 17.7 Å². The Balaban J connectivity index is 0. The number of aliphatic carboxylic acids is 2. The Bertz CT molecular complexity index is 264. The van der Waals surface area contributed by atoms with Crippen molar-refractivity contribution in [3.8, 4) is 0 Å². The van der Waals surface area contributed by atoms with Gasteiger partial charge in [-0.15, -0.1) is 0 Å². The predicted molar refractivity (Wildman–Crippen MR) is 35.7 cm³/mol. The molecule has 0 bridgehead atoms. The number of carbonyl (C=O) groups excluding carboxylic acids is 2. The fraction of sp³-hybridized carbons (Fsp3) is 0.500. The van der Waals surface area contributed by atoms with E-state index >= 15 is 0 Å². The van der Waals surface area contributed by atoms with Crippen LogP contribution in [0.5, 0.6) is 0 Å². The van der Waals surface area contributed by atoms with Gasteiger partial charge in [0.2, 0.25) is 5.78 Å². The summed E-state index contributed by atoms with van der Waals surface area (Å²) >= 11 is 0. The van der Waals surface area contributed by atoms with Gasteiger partial charge in [0.25, 0.3) is 0 Å². The van der Waals surface area contributed by atoms with E-state index in [2.05, 4.69) is 0 Å². The molecule has 0 aliphatic heterocycles. The van der Waals surface area contributed by atoms with Crippen LogP contribution >= 0.6 is 0 Å². The van der Waals surface area contributed by atoms with E-state index in [1.165, 1.54) is 0 Å². The Kier molecular flexibility index (Phi) is 7.75. The second-order valence-electron chi connectivity index (χ2n) is 2.37. The smallest absolute Gasteiger partial charge is 0.542 e. The van der Waals surface area contributed by atoms with Crippen molar-refractivity contribution in [2.24, 2.45) is 0 Å². The second-order valence-corrected chi connectivity index (χ2v) is 2.37. The van der Waals surface area contributed by atoms with Crippen molar-refractivity contribution in [2.75, 3.05) is 0 Å². The van der Waals surface area contributed by atoms with Gasteiger partial charge in [-0.2, -0.15) is 0 Å². The molecule has 0 saturated heterocycles. The standard InChI is InChI=1S/C6H8O8.Na/c7-1(3(9)5(11)12)2(8)4(10)6(13)14;/h1-3,7-9H,(H,11,12)(H,13,14);/q;+1/p-1/t1-,2-,3-;/m1./s1. The summed E-state index contributed by atoms with van der Waals surface area (Å²) in [5, 5.41) is 44.1. The molecule has 80 valence electrons. The second kappa shape index (κ2) is 6.88. The molecule has 9 heteroatoms. The van der Waals surface area contributed by atoms with E-state index in [0.717, 1.165) is 0 Å². The van der Waals surface area contributed by atoms with Gasteiger partial charge in [-0.05, 0) is 0 Å². The van der Waals surface area contributed by atoms with E-state index in [-0.39, 0.29) is 29.6 Å². The summed E-state index contributed by atoms with van der Waals surface area (Å²) in [5.41, 5.74) is 0. The third kappa shape index (κ3) is 4.69. The Morgan fingerprint density at radius 2 is 1.40 bits per heavy atom. The largest absolute Gasteiger partial charge is 1.00 e. The fourth-order valence-corrected chi connectivity index (χ4v) is 0.595. The zero-order valence-corrected chi connectivity index (χ0v) is 9.65. The van der Waals surface area contributed by atoms with E-state index in [0.29, 0.717) is 0 Å². The SMILES string of the molecule is O=C([O-])C(=O)[C@H](O)[C@@H](O)[C@@H](O)C(=O)O.[Na+]. The minimum absolute atomic E-state index is 0. The first kappa shape index (κ1) is 16.9. The van der Waals surface area contributed by atoms with Crippen LogP contribution in [0.25, 0.3) is 0 Å². The van der Waals surface area contributed by atoms with Gasteiger partial charge >= 0.3 is 35.5 Å². The van der Waals surface area contributed by atoms with Crippen LogP contribution in [0.15, 0.2) is 0 Å². The molecule has 0 aliphatic rings. The first-order valence-corrected chi connectivity index (χ1v) is 3.31. The minimum Gasteiger partial charge on any atom is -0.542 e. The molecule has 0 radical (unpaired) electrons. The summed E-state index contributed by atoms with van der Waals surface area (Å²) in [6.07, 6.45) is -7.41. The first-order chi connectivity index (χ1) is 6.29. The van der Waals surface area contributed by atoms with Crippen molar-refractivity contribution in [2.45, 2.75) is 18.3 Å². The molecular formula is C6H7NaO8. The van der Waals surface area contributed by atoms with E-state index in [4.69, 9.17) is 20.4 Å². The molecule has 4 N–H and O–H groups in total. The maximum atomic E-state index is 10.4. The molecule has 0 aromatic rings. The number of Topliss-reactive ketones (excluding diaryl/α,β-unsaturated/α-hetero) is 1. The number of carboxylic acid groups (broad SMARTS) is 2. The molecule has 0 fully saturated rings. The van der Waals surface area contributed by atoms with E-state index in [9.17, 15) is 19.5 Å². The molecule has 0 aromatic carbocycles. The summed E-state index contributed by atoms with van der Waals surface area (Å²) in [6, 6.07) is 0. The number of carbonyl (C=O) groups is 3. The minimum atomic E-state index is -2.54. The zero-order valence-electron chi connectivity index (χ0n) is 7.65. The van der Waals surface area contributed by atoms with Gasteiger partial charge in [0.15, 0.2) is 6.10 Å². The number of carboxylic acids is 2. The van der Waals surface area contributed by atoms with Crippen LogP contribution in [-0.4, -0.2) is 56.5 Å². The molecule has 0 heterocycles. The monoisotopic (exact) mass is 230 g/mol. The molecule has 15 heavy (non-hydrogen) atoms. The molecule has 0 amide bonds. The van der Waals surface area contributed by atoms with E-state index in [1.807, 2.05) is 0 Å². The quantitative estimate of drug-likeness (QED) is 0.268. The van der Waals surface area contributed by atoms with Crippen molar-refractivity contribution in [1.82, 2.24) is 0 Å². The molecule has 0 rings (SSSR count). The molecule has 0 unspecified atom stereocenters. The van der Waals surface area contributed by atoms with Crippen LogP contribution < -0.4 is 34.7 Å². The number of aliphatic hydroxyl groups excluding tert-OH is 3. The number of rotatable bonds is 5. The van der Waals surface area contributed by atoms with E-state index in [1.54, 1.807) is 0 Å². The molecule has 0 saturated carbocycles. The van der Waals surface area contributed by atoms with Gasteiger partial charge in [-0.25, -0.2) is 4.79 Å². The Morgan fingerprint density at radius 3 is 1.67 bits per heavy atom. The number of aliphatic hydroxyl groups is 3. The molecule has 3 atom stereocenters. The fourth-order valence-electron chi connectivity index (χ4n) is 0.595. The maximum absolute atomic E-state index is 10.4. The van der Waals surface area contributed by atoms with Crippen molar-refractivity contribution in [1.29, 1.82) is 0 Å². The van der Waals surface area contributed by atoms with Gasteiger partial charge in [0.05, 0.1) is 0 Å². The molecular weight excluding hydrogens is 223 g/mol. The summed E-state index contributed by atoms with van der Waals surface area (Å²) in [4.78, 5) is 30.4. The number of hydrogen-bond acceptors (Lipinski definition) is 7. The summed E-state index contributed by atoms with van der Waals surface area (Å²) in [6.45, 7) is 0. The third-order valence-electron chi connectivity index (χ3n) is 1.37. The summed E-state index contributed by atoms with van der Waals surface area (Å²) in [7, 11) is 0. The van der Waals surface area contributed by atoms with Gasteiger partial charge in [0.1, 0.15) is 18.2 Å². The molecule has 8 nitrogen and oxygen atoms in total. The Hall–Kier alpha value is -0.510. The Labute approximate surface area is 105 Å². The van der Waals surface area contributed by atoms with E-state index < -0.39 is 36.0 Å². The van der Waals surface area contributed by atoms with Crippen molar-refractivity contribution < 1.29 is 69.5 Å². The van der Waals surface area contributed by atoms with Crippen LogP contribution in [0.1, 0.15) is 0 Å². The summed E-state index contributed by atoms with van der Waals surface area (Å²) < 4.78 is 0. The normalized spacial score (nSPS) is 15.7. The third-order valence-corrected chi connectivity index (χ3v) is 1.37. The van der Waals surface area contributed by atoms with Gasteiger partial charge < -0.3 is 30.3 Å². The van der Waals surface area contributed by atoms with Crippen LogP contribution in [-0.2, 0) is 14.4 Å². The average Bonchev–Trinajstić information content (AvgIpc) is 2.12. The topological polar surface area (TPSA) is 155 Å². The van der Waals surface area contributed by atoms with Crippen molar-refractivity contribution in [3.05, 3.63) is 0 Å². The van der Waals surface area contributed by atoms with Gasteiger partial charge in [0, 0.05) is 0 Å². The predicted octanol–water partition coefficient (Wildman–Crippen LogP) is -7.52. The molecule has 0 aromatic heterocycles. The van der Waals surface area contributed by atoms with Crippen LogP contribution in [0.2, 0.25) is 0 Å². The number of hydrogen-bond donors (Lipinski definition) is 4. The first-order valence-electron chi connectivity index (χ1n) is 3.31. The van der Waals surface area contributed by atoms with Crippen LogP contribution in [0.3, 0.4) is 0 Å². The molecule has 0 spiro atoms. The van der Waals surface area contributed by atoms with Gasteiger partial charge in [-0.3, -0.25) is 4.79 Å². The average molecular weight is 230 g/mol. The zero-order chi connectivity index (χ0) is 11.5.